The molecular weight excluding hydrogens is 331 g/mol. The van der Waals surface area contributed by atoms with Crippen molar-refractivity contribution < 1.29 is 13.2 Å². The molecule has 0 spiro atoms. The molecule has 1 N–H and O–H groups in total. The first-order chi connectivity index (χ1) is 11.9. The predicted molar refractivity (Wildman–Crippen MR) is 88.3 cm³/mol. The van der Waals surface area contributed by atoms with E-state index in [0.29, 0.717) is 36.2 Å². The minimum absolute atomic E-state index is 0.245. The first-order valence-corrected chi connectivity index (χ1v) is 8.44. The van der Waals surface area contributed by atoms with Gasteiger partial charge in [0.05, 0.1) is 11.3 Å². The van der Waals surface area contributed by atoms with Crippen molar-refractivity contribution in [3.8, 4) is 11.3 Å². The van der Waals surface area contributed by atoms with Gasteiger partial charge in [0, 0.05) is 30.4 Å². The van der Waals surface area contributed by atoms with Crippen molar-refractivity contribution >= 4 is 5.69 Å². The maximum absolute atomic E-state index is 13.6. The fourth-order valence-corrected chi connectivity index (χ4v) is 4.14. The first kappa shape index (κ1) is 16.2. The van der Waals surface area contributed by atoms with E-state index in [1.54, 1.807) is 6.07 Å². The summed E-state index contributed by atoms with van der Waals surface area (Å²) in [5.74, 6) is 1.03. The molecule has 2 aromatic rings. The molecule has 2 fully saturated rings. The number of aromatic amines is 1. The standard InChI is InChI=1S/C18H18F3N3O/c19-18(20,21)14-8-11(15-5-7-17(25)23-22-15)4-6-16(14)24-9-12-2-1-3-13(12)10-24/h4-8,12-13H,1-3,9-10H2,(H,23,25). The van der Waals surface area contributed by atoms with Crippen LogP contribution in [0.4, 0.5) is 18.9 Å². The Morgan fingerprint density at radius 3 is 2.40 bits per heavy atom. The molecule has 0 radical (unpaired) electrons. The molecule has 0 amide bonds. The molecule has 2 unspecified atom stereocenters. The number of H-pyrrole nitrogens is 1. The molecule has 1 aliphatic carbocycles. The molecule has 132 valence electrons. The van der Waals surface area contributed by atoms with Crippen molar-refractivity contribution in [2.24, 2.45) is 11.8 Å². The molecule has 1 aromatic carbocycles. The number of alkyl halides is 3. The van der Waals surface area contributed by atoms with Crippen molar-refractivity contribution in [3.05, 3.63) is 46.2 Å². The Kier molecular flexibility index (Phi) is 3.81. The molecule has 4 rings (SSSR count). The number of nitrogens with zero attached hydrogens (tertiary/aromatic N) is 2. The van der Waals surface area contributed by atoms with Gasteiger partial charge in [-0.25, -0.2) is 5.10 Å². The number of nitrogens with one attached hydrogen (secondary N) is 1. The van der Waals surface area contributed by atoms with E-state index in [-0.39, 0.29) is 11.2 Å². The molecule has 1 aliphatic heterocycles. The minimum atomic E-state index is -4.44. The van der Waals surface area contributed by atoms with E-state index in [4.69, 9.17) is 0 Å². The first-order valence-electron chi connectivity index (χ1n) is 8.44. The van der Waals surface area contributed by atoms with E-state index >= 15 is 0 Å². The molecule has 1 saturated heterocycles. The molecule has 2 atom stereocenters. The van der Waals surface area contributed by atoms with E-state index in [0.717, 1.165) is 18.9 Å². The van der Waals surface area contributed by atoms with Gasteiger partial charge in [-0.15, -0.1) is 0 Å². The zero-order valence-electron chi connectivity index (χ0n) is 13.5. The highest BCUT2D eigenvalue weighted by atomic mass is 19.4. The van der Waals surface area contributed by atoms with Gasteiger partial charge in [-0.05, 0) is 42.9 Å². The zero-order valence-corrected chi connectivity index (χ0v) is 13.5. The average molecular weight is 349 g/mol. The topological polar surface area (TPSA) is 49.0 Å². The van der Waals surface area contributed by atoms with Gasteiger partial charge in [0.15, 0.2) is 0 Å². The number of anilines is 1. The molecule has 2 aliphatic rings. The number of rotatable bonds is 2. The lowest BCUT2D eigenvalue weighted by Crippen LogP contribution is -2.24. The zero-order chi connectivity index (χ0) is 17.6. The number of halogens is 3. The number of fused-ring (bicyclic) bond motifs is 1. The Balaban J connectivity index is 1.72. The van der Waals surface area contributed by atoms with Gasteiger partial charge in [-0.2, -0.15) is 18.3 Å². The number of hydrogen-bond acceptors (Lipinski definition) is 3. The maximum atomic E-state index is 13.6. The van der Waals surface area contributed by atoms with Crippen LogP contribution in [0.2, 0.25) is 0 Å². The largest absolute Gasteiger partial charge is 0.418 e. The van der Waals surface area contributed by atoms with E-state index in [9.17, 15) is 18.0 Å². The fourth-order valence-electron chi connectivity index (χ4n) is 4.14. The smallest absolute Gasteiger partial charge is 0.370 e. The molecule has 0 bridgehead atoms. The normalized spacial score (nSPS) is 23.1. The summed E-state index contributed by atoms with van der Waals surface area (Å²) in [4.78, 5) is 13.0. The quantitative estimate of drug-likeness (QED) is 0.900. The van der Waals surface area contributed by atoms with Gasteiger partial charge in [0.25, 0.3) is 5.56 Å². The Morgan fingerprint density at radius 2 is 1.80 bits per heavy atom. The highest BCUT2D eigenvalue weighted by Crippen LogP contribution is 2.44. The van der Waals surface area contributed by atoms with Gasteiger partial charge >= 0.3 is 6.18 Å². The Morgan fingerprint density at radius 1 is 1.08 bits per heavy atom. The Bertz CT molecular complexity index is 814. The highest BCUT2D eigenvalue weighted by Gasteiger charge is 2.40. The fraction of sp³-hybridized carbons (Fsp3) is 0.444. The van der Waals surface area contributed by atoms with E-state index in [1.807, 2.05) is 4.90 Å². The van der Waals surface area contributed by atoms with Crippen LogP contribution in [0.5, 0.6) is 0 Å². The highest BCUT2D eigenvalue weighted by molar-refractivity contribution is 5.67. The molecule has 7 heteroatoms. The molecule has 1 aromatic heterocycles. The van der Waals surface area contributed by atoms with Crippen molar-refractivity contribution in [3.63, 3.8) is 0 Å². The molecule has 25 heavy (non-hydrogen) atoms. The van der Waals surface area contributed by atoms with E-state index in [2.05, 4.69) is 10.2 Å². The van der Waals surface area contributed by atoms with Gasteiger partial charge in [-0.3, -0.25) is 4.79 Å². The summed E-state index contributed by atoms with van der Waals surface area (Å²) in [7, 11) is 0. The SMILES string of the molecule is O=c1ccc(-c2ccc(N3CC4CCCC4C3)c(C(F)(F)F)c2)n[nH]1. The summed E-state index contributed by atoms with van der Waals surface area (Å²) in [6.45, 7) is 1.40. The van der Waals surface area contributed by atoms with Crippen LogP contribution >= 0.6 is 0 Å². The predicted octanol–water partition coefficient (Wildman–Crippen LogP) is 3.69. The van der Waals surface area contributed by atoms with Crippen LogP contribution in [0.1, 0.15) is 24.8 Å². The van der Waals surface area contributed by atoms with Gasteiger partial charge in [0.2, 0.25) is 0 Å². The number of benzene rings is 1. The third-order valence-corrected chi connectivity index (χ3v) is 5.34. The molecule has 2 heterocycles. The summed E-state index contributed by atoms with van der Waals surface area (Å²) < 4.78 is 40.9. The van der Waals surface area contributed by atoms with Crippen LogP contribution in [-0.4, -0.2) is 23.3 Å². The third-order valence-electron chi connectivity index (χ3n) is 5.34. The van der Waals surface area contributed by atoms with Crippen molar-refractivity contribution in [2.75, 3.05) is 18.0 Å². The number of aromatic nitrogens is 2. The van der Waals surface area contributed by atoms with Crippen LogP contribution in [0, 0.1) is 11.8 Å². The summed E-state index contributed by atoms with van der Waals surface area (Å²) in [5, 5.41) is 6.08. The van der Waals surface area contributed by atoms with Crippen LogP contribution in [0.25, 0.3) is 11.3 Å². The van der Waals surface area contributed by atoms with E-state index < -0.39 is 11.7 Å². The van der Waals surface area contributed by atoms with Crippen molar-refractivity contribution in [1.82, 2.24) is 10.2 Å². The minimum Gasteiger partial charge on any atom is -0.370 e. The lowest BCUT2D eigenvalue weighted by molar-refractivity contribution is -0.137. The second-order valence-corrected chi connectivity index (χ2v) is 6.89. The summed E-state index contributed by atoms with van der Waals surface area (Å²) in [5.41, 5.74) is -0.130. The van der Waals surface area contributed by atoms with Gasteiger partial charge < -0.3 is 4.90 Å². The monoisotopic (exact) mass is 349 g/mol. The molecule has 1 saturated carbocycles. The van der Waals surface area contributed by atoms with Gasteiger partial charge in [-0.1, -0.05) is 12.5 Å². The number of hydrogen-bond donors (Lipinski definition) is 1. The second-order valence-electron chi connectivity index (χ2n) is 6.89. The molecule has 4 nitrogen and oxygen atoms in total. The molecular formula is C18H18F3N3O. The third kappa shape index (κ3) is 3.03. The summed E-state index contributed by atoms with van der Waals surface area (Å²) in [6, 6.07) is 6.98. The summed E-state index contributed by atoms with van der Waals surface area (Å²) in [6.07, 6.45) is -1.03. The van der Waals surface area contributed by atoms with E-state index in [1.165, 1.54) is 24.6 Å². The van der Waals surface area contributed by atoms with Crippen LogP contribution in [0.3, 0.4) is 0 Å². The lowest BCUT2D eigenvalue weighted by atomic mass is 10.0. The van der Waals surface area contributed by atoms with Crippen LogP contribution in [0.15, 0.2) is 35.1 Å². The maximum Gasteiger partial charge on any atom is 0.418 e. The van der Waals surface area contributed by atoms with Gasteiger partial charge in [0.1, 0.15) is 0 Å². The Labute approximate surface area is 142 Å². The van der Waals surface area contributed by atoms with Crippen molar-refractivity contribution in [1.29, 1.82) is 0 Å². The Hall–Kier alpha value is -2.31. The van der Waals surface area contributed by atoms with Crippen LogP contribution < -0.4 is 10.5 Å². The second kappa shape index (κ2) is 5.89. The average Bonchev–Trinajstić information content (AvgIpc) is 3.16. The van der Waals surface area contributed by atoms with Crippen LogP contribution in [-0.2, 0) is 6.18 Å². The lowest BCUT2D eigenvalue weighted by Gasteiger charge is -2.24. The summed E-state index contributed by atoms with van der Waals surface area (Å²) >= 11 is 0. The van der Waals surface area contributed by atoms with Crippen molar-refractivity contribution in [2.45, 2.75) is 25.4 Å².